The molecule has 0 aromatic carbocycles. The van der Waals surface area contributed by atoms with Crippen LogP contribution in [-0.2, 0) is 17.9 Å². The predicted octanol–water partition coefficient (Wildman–Crippen LogP) is 1.42. The van der Waals surface area contributed by atoms with Gasteiger partial charge in [0.2, 0.25) is 11.8 Å². The normalized spacial score (nSPS) is 25.9. The SMILES string of the molecule is CC(=O)N1Cc2cnc(O[C@@H]3C[C@H](C)N(C)C3)cc2C1. The van der Waals surface area contributed by atoms with Gasteiger partial charge in [-0.2, -0.15) is 0 Å². The molecule has 5 nitrogen and oxygen atoms in total. The summed E-state index contributed by atoms with van der Waals surface area (Å²) in [4.78, 5) is 19.9. The highest BCUT2D eigenvalue weighted by Gasteiger charge is 2.28. The standard InChI is InChI=1S/C15H21N3O2/c1-10-4-14(9-17(10)3)20-15-5-12-7-18(11(2)19)8-13(12)6-16-15/h5-6,10,14H,4,7-9H2,1-3H3/t10-,14+/m0/s1. The Balaban J connectivity index is 1.69. The first-order chi connectivity index (χ1) is 9.52. The first kappa shape index (κ1) is 13.4. The van der Waals surface area contributed by atoms with Gasteiger partial charge in [-0.15, -0.1) is 0 Å². The molecule has 108 valence electrons. The van der Waals surface area contributed by atoms with Gasteiger partial charge in [-0.3, -0.25) is 9.69 Å². The van der Waals surface area contributed by atoms with E-state index >= 15 is 0 Å². The zero-order valence-corrected chi connectivity index (χ0v) is 12.3. The van der Waals surface area contributed by atoms with Gasteiger partial charge in [0.15, 0.2) is 0 Å². The van der Waals surface area contributed by atoms with Crippen LogP contribution >= 0.6 is 0 Å². The van der Waals surface area contributed by atoms with Crippen molar-refractivity contribution < 1.29 is 9.53 Å². The topological polar surface area (TPSA) is 45.7 Å². The van der Waals surface area contributed by atoms with Crippen molar-refractivity contribution in [2.24, 2.45) is 0 Å². The number of ether oxygens (including phenoxy) is 1. The molecule has 3 rings (SSSR count). The summed E-state index contributed by atoms with van der Waals surface area (Å²) in [5.74, 6) is 0.788. The second-order valence-corrected chi connectivity index (χ2v) is 5.93. The van der Waals surface area contributed by atoms with E-state index < -0.39 is 0 Å². The minimum absolute atomic E-state index is 0.106. The molecule has 1 aromatic heterocycles. The monoisotopic (exact) mass is 275 g/mol. The molecule has 3 heterocycles. The molecule has 0 spiro atoms. The molecule has 0 unspecified atom stereocenters. The molecule has 20 heavy (non-hydrogen) atoms. The molecule has 1 fully saturated rings. The molecular formula is C15H21N3O2. The lowest BCUT2D eigenvalue weighted by atomic mass is 10.2. The van der Waals surface area contributed by atoms with Crippen LogP contribution in [0.4, 0.5) is 0 Å². The van der Waals surface area contributed by atoms with Crippen molar-refractivity contribution in [3.63, 3.8) is 0 Å². The number of pyridine rings is 1. The van der Waals surface area contributed by atoms with E-state index in [2.05, 4.69) is 23.9 Å². The predicted molar refractivity (Wildman–Crippen MR) is 75.3 cm³/mol. The van der Waals surface area contributed by atoms with Gasteiger partial charge >= 0.3 is 0 Å². The van der Waals surface area contributed by atoms with Gasteiger partial charge in [-0.25, -0.2) is 4.98 Å². The second kappa shape index (κ2) is 5.05. The van der Waals surface area contributed by atoms with E-state index in [1.54, 1.807) is 6.92 Å². The molecule has 0 saturated carbocycles. The van der Waals surface area contributed by atoms with Crippen LogP contribution in [0.1, 0.15) is 31.4 Å². The van der Waals surface area contributed by atoms with Crippen molar-refractivity contribution in [1.82, 2.24) is 14.8 Å². The van der Waals surface area contributed by atoms with Gasteiger partial charge in [0.1, 0.15) is 6.10 Å². The number of fused-ring (bicyclic) bond motifs is 1. The van der Waals surface area contributed by atoms with Crippen molar-refractivity contribution in [3.8, 4) is 5.88 Å². The maximum absolute atomic E-state index is 11.4. The largest absolute Gasteiger partial charge is 0.473 e. The molecule has 2 aliphatic heterocycles. The van der Waals surface area contributed by atoms with Crippen LogP contribution in [0.15, 0.2) is 12.3 Å². The number of rotatable bonds is 2. The second-order valence-electron chi connectivity index (χ2n) is 5.93. The molecule has 1 aromatic rings. The van der Waals surface area contributed by atoms with Crippen molar-refractivity contribution in [2.75, 3.05) is 13.6 Å². The lowest BCUT2D eigenvalue weighted by molar-refractivity contribution is -0.129. The van der Waals surface area contributed by atoms with E-state index in [1.165, 1.54) is 0 Å². The fraction of sp³-hybridized carbons (Fsp3) is 0.600. The minimum atomic E-state index is 0.106. The number of carbonyl (C=O) groups is 1. The Labute approximate surface area is 119 Å². The number of likely N-dealkylation sites (N-methyl/N-ethyl adjacent to an activating group) is 1. The van der Waals surface area contributed by atoms with Crippen LogP contribution in [0.2, 0.25) is 0 Å². The number of hydrogen-bond donors (Lipinski definition) is 0. The number of carbonyl (C=O) groups excluding carboxylic acids is 1. The van der Waals surface area contributed by atoms with E-state index in [0.29, 0.717) is 25.0 Å². The van der Waals surface area contributed by atoms with Gasteiger partial charge in [0.25, 0.3) is 0 Å². The lowest BCUT2D eigenvalue weighted by Gasteiger charge is -2.13. The third-order valence-electron chi connectivity index (χ3n) is 4.36. The van der Waals surface area contributed by atoms with E-state index in [-0.39, 0.29) is 12.0 Å². The highest BCUT2D eigenvalue weighted by atomic mass is 16.5. The molecule has 0 radical (unpaired) electrons. The molecule has 2 atom stereocenters. The first-order valence-corrected chi connectivity index (χ1v) is 7.13. The summed E-state index contributed by atoms with van der Waals surface area (Å²) in [6.07, 6.45) is 3.09. The summed E-state index contributed by atoms with van der Waals surface area (Å²) < 4.78 is 5.98. The van der Waals surface area contributed by atoms with Gasteiger partial charge < -0.3 is 9.64 Å². The lowest BCUT2D eigenvalue weighted by Crippen LogP contribution is -2.24. The summed E-state index contributed by atoms with van der Waals surface area (Å²) >= 11 is 0. The van der Waals surface area contributed by atoms with Gasteiger partial charge in [-0.05, 0) is 25.1 Å². The van der Waals surface area contributed by atoms with Gasteiger partial charge in [0.05, 0.1) is 0 Å². The smallest absolute Gasteiger partial charge is 0.220 e. The van der Waals surface area contributed by atoms with E-state index in [9.17, 15) is 4.79 Å². The van der Waals surface area contributed by atoms with Crippen LogP contribution < -0.4 is 4.74 Å². The van der Waals surface area contributed by atoms with Crippen LogP contribution in [0.25, 0.3) is 0 Å². The molecule has 1 saturated heterocycles. The number of hydrogen-bond acceptors (Lipinski definition) is 4. The first-order valence-electron chi connectivity index (χ1n) is 7.13. The quantitative estimate of drug-likeness (QED) is 0.819. The summed E-state index contributed by atoms with van der Waals surface area (Å²) in [7, 11) is 2.12. The Kier molecular flexibility index (Phi) is 3.38. The zero-order chi connectivity index (χ0) is 14.3. The summed E-state index contributed by atoms with van der Waals surface area (Å²) in [5.41, 5.74) is 2.29. The third-order valence-corrected chi connectivity index (χ3v) is 4.36. The van der Waals surface area contributed by atoms with E-state index in [0.717, 1.165) is 24.1 Å². The molecule has 1 amide bonds. The Hall–Kier alpha value is -1.62. The Bertz CT molecular complexity index is 522. The van der Waals surface area contributed by atoms with Crippen LogP contribution in [0, 0.1) is 0 Å². The summed E-state index contributed by atoms with van der Waals surface area (Å²) in [6.45, 7) is 6.10. The Morgan fingerprint density at radius 2 is 2.15 bits per heavy atom. The van der Waals surface area contributed by atoms with Crippen molar-refractivity contribution in [3.05, 3.63) is 23.4 Å². The average Bonchev–Trinajstić information content (AvgIpc) is 2.93. The number of amides is 1. The molecular weight excluding hydrogens is 254 g/mol. The highest BCUT2D eigenvalue weighted by molar-refractivity contribution is 5.74. The molecule has 0 aliphatic carbocycles. The van der Waals surface area contributed by atoms with Crippen molar-refractivity contribution in [1.29, 1.82) is 0 Å². The van der Waals surface area contributed by atoms with Crippen LogP contribution in [-0.4, -0.2) is 46.4 Å². The maximum Gasteiger partial charge on any atom is 0.220 e. The number of aromatic nitrogens is 1. The number of nitrogens with zero attached hydrogens (tertiary/aromatic N) is 3. The minimum Gasteiger partial charge on any atom is -0.473 e. The average molecular weight is 275 g/mol. The fourth-order valence-corrected chi connectivity index (χ4v) is 2.94. The summed E-state index contributed by atoms with van der Waals surface area (Å²) in [5, 5.41) is 0. The summed E-state index contributed by atoms with van der Waals surface area (Å²) in [6, 6.07) is 2.55. The van der Waals surface area contributed by atoms with Gasteiger partial charge in [0, 0.05) is 51.3 Å². The molecule has 0 N–H and O–H groups in total. The number of likely N-dealkylation sites (tertiary alicyclic amines) is 1. The Morgan fingerprint density at radius 1 is 1.40 bits per heavy atom. The Morgan fingerprint density at radius 3 is 2.80 bits per heavy atom. The molecule has 5 heteroatoms. The molecule has 0 bridgehead atoms. The highest BCUT2D eigenvalue weighted by Crippen LogP contribution is 2.26. The van der Waals surface area contributed by atoms with E-state index in [4.69, 9.17) is 4.74 Å². The van der Waals surface area contributed by atoms with Crippen LogP contribution in [0.3, 0.4) is 0 Å². The van der Waals surface area contributed by atoms with E-state index in [1.807, 2.05) is 17.2 Å². The van der Waals surface area contributed by atoms with Crippen molar-refractivity contribution >= 4 is 5.91 Å². The molecule has 2 aliphatic rings. The maximum atomic E-state index is 11.4. The zero-order valence-electron chi connectivity index (χ0n) is 12.3. The van der Waals surface area contributed by atoms with Crippen LogP contribution in [0.5, 0.6) is 5.88 Å². The van der Waals surface area contributed by atoms with Crippen molar-refractivity contribution in [2.45, 2.75) is 45.5 Å². The fourth-order valence-electron chi connectivity index (χ4n) is 2.94. The van der Waals surface area contributed by atoms with Gasteiger partial charge in [-0.1, -0.05) is 0 Å². The third kappa shape index (κ3) is 2.50.